The third-order valence-electron chi connectivity index (χ3n) is 6.41. The summed E-state index contributed by atoms with van der Waals surface area (Å²) in [5.41, 5.74) is 7.24. The lowest BCUT2D eigenvalue weighted by Crippen LogP contribution is -2.14. The molecule has 2 heterocycles. The maximum Gasteiger partial charge on any atom is 0.152 e. The Hall–Kier alpha value is -1.04. The topological polar surface area (TPSA) is 78.0 Å². The molecule has 1 aromatic rings. The summed E-state index contributed by atoms with van der Waals surface area (Å²) in [7, 11) is -2.89. The average molecular weight is 307 g/mol. The van der Waals surface area contributed by atoms with Crippen LogP contribution in [0, 0.1) is 23.7 Å². The first kappa shape index (κ1) is 12.5. The minimum absolute atomic E-state index is 0.0564. The Balaban J connectivity index is 1.42. The summed E-state index contributed by atoms with van der Waals surface area (Å²) in [4.78, 5) is 0. The number of hydrogen-bond acceptors (Lipinski definition) is 4. The maximum absolute atomic E-state index is 11.7. The largest absolute Gasteiger partial charge is 0.384 e. The van der Waals surface area contributed by atoms with Gasteiger partial charge in [-0.05, 0) is 49.4 Å². The van der Waals surface area contributed by atoms with Gasteiger partial charge in [-0.15, -0.1) is 0 Å². The number of rotatable bonds is 2. The first-order valence-electron chi connectivity index (χ1n) is 8.09. The summed E-state index contributed by atoms with van der Waals surface area (Å²) >= 11 is 0. The van der Waals surface area contributed by atoms with Crippen LogP contribution < -0.4 is 5.73 Å². The average Bonchev–Trinajstić information content (AvgIpc) is 2.85. The summed E-state index contributed by atoms with van der Waals surface area (Å²) < 4.78 is 25.1. The minimum atomic E-state index is -2.89. The quantitative estimate of drug-likeness (QED) is 0.900. The van der Waals surface area contributed by atoms with E-state index in [0.29, 0.717) is 18.2 Å². The summed E-state index contributed by atoms with van der Waals surface area (Å²) in [6, 6.07) is 1.95. The first-order valence-corrected chi connectivity index (χ1v) is 9.91. The van der Waals surface area contributed by atoms with Crippen LogP contribution >= 0.6 is 0 Å². The van der Waals surface area contributed by atoms with Gasteiger partial charge in [0.15, 0.2) is 9.84 Å². The zero-order chi connectivity index (χ0) is 14.4. The van der Waals surface area contributed by atoms with Crippen molar-refractivity contribution in [3.8, 4) is 0 Å². The van der Waals surface area contributed by atoms with Crippen molar-refractivity contribution in [2.24, 2.45) is 23.7 Å². The molecule has 4 fully saturated rings. The Kier molecular flexibility index (Phi) is 2.28. The molecule has 2 bridgehead atoms. The molecule has 21 heavy (non-hydrogen) atoms. The molecule has 2 N–H and O–H groups in total. The third-order valence-corrected chi connectivity index (χ3v) is 8.16. The van der Waals surface area contributed by atoms with Gasteiger partial charge in [0, 0.05) is 12.0 Å². The van der Waals surface area contributed by atoms with E-state index in [9.17, 15) is 8.42 Å². The molecule has 1 aromatic heterocycles. The molecule has 0 aromatic carbocycles. The van der Waals surface area contributed by atoms with E-state index in [4.69, 9.17) is 10.8 Å². The molecule has 5 rings (SSSR count). The Morgan fingerprint density at radius 1 is 1.19 bits per heavy atom. The molecule has 6 heteroatoms. The van der Waals surface area contributed by atoms with Crippen molar-refractivity contribution in [1.82, 2.24) is 9.78 Å². The van der Waals surface area contributed by atoms with E-state index in [1.54, 1.807) is 4.68 Å². The Bertz CT molecular complexity index is 695. The number of nitrogens with two attached hydrogens (primary N) is 1. The molecule has 5 unspecified atom stereocenters. The molecule has 5 nitrogen and oxygen atoms in total. The van der Waals surface area contributed by atoms with Crippen LogP contribution in [0.25, 0.3) is 0 Å². The summed E-state index contributed by atoms with van der Waals surface area (Å²) in [5, 5.41) is 4.73. The smallest absolute Gasteiger partial charge is 0.152 e. The van der Waals surface area contributed by atoms with Gasteiger partial charge in [-0.25, -0.2) is 13.1 Å². The first-order chi connectivity index (χ1) is 10.0. The number of hydrogen-bond donors (Lipinski definition) is 1. The molecule has 5 atom stereocenters. The van der Waals surface area contributed by atoms with E-state index in [2.05, 4.69) is 0 Å². The third kappa shape index (κ3) is 1.68. The number of sulfone groups is 1. The zero-order valence-corrected chi connectivity index (χ0v) is 12.8. The van der Waals surface area contributed by atoms with Crippen molar-refractivity contribution < 1.29 is 8.42 Å². The monoisotopic (exact) mass is 307 g/mol. The Morgan fingerprint density at radius 2 is 1.90 bits per heavy atom. The lowest BCUT2D eigenvalue weighted by Gasteiger charge is -2.10. The molecular formula is C15H21N3O2S. The summed E-state index contributed by atoms with van der Waals surface area (Å²) in [6.07, 6.45) is 4.89. The van der Waals surface area contributed by atoms with E-state index in [1.165, 1.54) is 19.3 Å². The highest BCUT2D eigenvalue weighted by Gasteiger charge is 2.66. The van der Waals surface area contributed by atoms with E-state index in [1.807, 2.05) is 6.07 Å². The van der Waals surface area contributed by atoms with Crippen LogP contribution in [-0.2, 0) is 9.84 Å². The van der Waals surface area contributed by atoms with Crippen molar-refractivity contribution in [3.05, 3.63) is 11.8 Å². The van der Waals surface area contributed by atoms with Crippen LogP contribution in [0.2, 0.25) is 0 Å². The number of nitrogen functional groups attached to an aromatic ring is 1. The Labute approximate surface area is 124 Å². The van der Waals surface area contributed by atoms with E-state index >= 15 is 0 Å². The van der Waals surface area contributed by atoms with Crippen molar-refractivity contribution in [3.63, 3.8) is 0 Å². The fourth-order valence-corrected chi connectivity index (χ4v) is 7.26. The van der Waals surface area contributed by atoms with Crippen LogP contribution in [0.4, 0.5) is 5.82 Å². The van der Waals surface area contributed by atoms with Gasteiger partial charge in [0.25, 0.3) is 0 Å². The highest BCUT2D eigenvalue weighted by molar-refractivity contribution is 7.91. The van der Waals surface area contributed by atoms with Gasteiger partial charge in [-0.1, -0.05) is 0 Å². The lowest BCUT2D eigenvalue weighted by molar-refractivity contribution is 0.456. The summed E-state index contributed by atoms with van der Waals surface area (Å²) in [5.74, 6) is 5.25. The van der Waals surface area contributed by atoms with Gasteiger partial charge in [0.05, 0.1) is 23.2 Å². The van der Waals surface area contributed by atoms with Gasteiger partial charge in [-0.3, -0.25) is 0 Å². The van der Waals surface area contributed by atoms with Gasteiger partial charge in [0.2, 0.25) is 0 Å². The summed E-state index contributed by atoms with van der Waals surface area (Å²) in [6.45, 7) is 0. The molecule has 4 aliphatic rings. The predicted molar refractivity (Wildman–Crippen MR) is 79.5 cm³/mol. The standard InChI is InChI=1S/C15H21N3O2S/c16-12-6-11(15-13-8-1-2-9(5-8)14(13)15)17-18(12)10-3-4-21(19,20)7-10/h6,8-10,13-15H,1-5,7,16H2. The zero-order valence-electron chi connectivity index (χ0n) is 12.0. The van der Waals surface area contributed by atoms with Gasteiger partial charge in [0.1, 0.15) is 5.82 Å². The van der Waals surface area contributed by atoms with Crippen LogP contribution in [-0.4, -0.2) is 29.7 Å². The molecule has 1 saturated heterocycles. The second-order valence-corrected chi connectivity index (χ2v) is 9.74. The fourth-order valence-electron chi connectivity index (χ4n) is 5.57. The van der Waals surface area contributed by atoms with Crippen LogP contribution in [0.1, 0.15) is 43.3 Å². The molecule has 3 aliphatic carbocycles. The fraction of sp³-hybridized carbons (Fsp3) is 0.800. The van der Waals surface area contributed by atoms with Gasteiger partial charge in [-0.2, -0.15) is 5.10 Å². The molecule has 0 amide bonds. The lowest BCUT2D eigenvalue weighted by atomic mass is 10.0. The molecule has 114 valence electrons. The van der Waals surface area contributed by atoms with Crippen molar-refractivity contribution in [2.45, 2.75) is 37.6 Å². The normalized spacial score (nSPS) is 45.9. The Morgan fingerprint density at radius 3 is 2.52 bits per heavy atom. The highest BCUT2D eigenvalue weighted by atomic mass is 32.2. The maximum atomic E-state index is 11.7. The van der Waals surface area contributed by atoms with E-state index < -0.39 is 9.84 Å². The minimum Gasteiger partial charge on any atom is -0.384 e. The van der Waals surface area contributed by atoms with Crippen molar-refractivity contribution in [2.75, 3.05) is 17.2 Å². The highest BCUT2D eigenvalue weighted by Crippen LogP contribution is 2.72. The second-order valence-electron chi connectivity index (χ2n) is 7.51. The molecular weight excluding hydrogens is 286 g/mol. The number of aromatic nitrogens is 2. The van der Waals surface area contributed by atoms with E-state index in [-0.39, 0.29) is 17.5 Å². The molecule has 1 aliphatic heterocycles. The van der Waals surface area contributed by atoms with E-state index in [0.717, 1.165) is 29.4 Å². The van der Waals surface area contributed by atoms with Crippen molar-refractivity contribution >= 4 is 15.7 Å². The van der Waals surface area contributed by atoms with Crippen LogP contribution in [0.3, 0.4) is 0 Å². The second kappa shape index (κ2) is 3.83. The van der Waals surface area contributed by atoms with Gasteiger partial charge >= 0.3 is 0 Å². The van der Waals surface area contributed by atoms with Crippen LogP contribution in [0.5, 0.6) is 0 Å². The number of nitrogens with zero attached hydrogens (tertiary/aromatic N) is 2. The SMILES string of the molecule is Nc1cc(C2C3C4CCC(C4)C23)nn1C1CCS(=O)(=O)C1. The van der Waals surface area contributed by atoms with Crippen LogP contribution in [0.15, 0.2) is 6.07 Å². The molecule has 3 saturated carbocycles. The van der Waals surface area contributed by atoms with Crippen molar-refractivity contribution in [1.29, 1.82) is 0 Å². The van der Waals surface area contributed by atoms with Gasteiger partial charge < -0.3 is 5.73 Å². The molecule has 0 radical (unpaired) electrons. The number of anilines is 1. The predicted octanol–water partition coefficient (Wildman–Crippen LogP) is 1.58. The number of fused-ring (bicyclic) bond motifs is 5. The molecule has 0 spiro atoms.